The summed E-state index contributed by atoms with van der Waals surface area (Å²) in [5.41, 5.74) is 0.982. The van der Waals surface area contributed by atoms with Gasteiger partial charge < -0.3 is 5.11 Å². The molecule has 0 fully saturated rings. The molecule has 1 unspecified atom stereocenters. The first-order chi connectivity index (χ1) is 8.01. The van der Waals surface area contributed by atoms with Gasteiger partial charge in [-0.25, -0.2) is 4.39 Å². The average Bonchev–Trinajstić information content (AvgIpc) is 2.24. The van der Waals surface area contributed by atoms with E-state index in [9.17, 15) is 9.18 Å². The summed E-state index contributed by atoms with van der Waals surface area (Å²) in [5, 5.41) is 17.2. The number of benzene rings is 1. The summed E-state index contributed by atoms with van der Waals surface area (Å²) in [6.45, 7) is 1.81. The quantitative estimate of drug-likeness (QED) is 0.876. The van der Waals surface area contributed by atoms with E-state index in [1.807, 2.05) is 13.0 Å². The lowest BCUT2D eigenvalue weighted by molar-refractivity contribution is -0.136. The number of hydrogen-bond donors (Lipinski definition) is 1. The summed E-state index contributed by atoms with van der Waals surface area (Å²) < 4.78 is 13.1. The maximum absolute atomic E-state index is 13.1. The van der Waals surface area contributed by atoms with Crippen molar-refractivity contribution in [2.45, 2.75) is 24.3 Å². The maximum atomic E-state index is 13.1. The third kappa shape index (κ3) is 4.87. The Balaban J connectivity index is 2.60. The van der Waals surface area contributed by atoms with Gasteiger partial charge in [0.1, 0.15) is 5.82 Å². The van der Waals surface area contributed by atoms with Gasteiger partial charge in [-0.15, -0.1) is 0 Å². The summed E-state index contributed by atoms with van der Waals surface area (Å²) >= 11 is 1.43. The molecule has 0 bridgehead atoms. The van der Waals surface area contributed by atoms with E-state index in [0.717, 1.165) is 0 Å². The van der Waals surface area contributed by atoms with E-state index in [0.29, 0.717) is 11.3 Å². The molecule has 1 aromatic rings. The average molecular weight is 253 g/mol. The Kier molecular flexibility index (Phi) is 4.98. The zero-order valence-electron chi connectivity index (χ0n) is 9.31. The topological polar surface area (TPSA) is 61.1 Å². The number of rotatable bonds is 5. The van der Waals surface area contributed by atoms with E-state index in [1.165, 1.54) is 23.9 Å². The first-order valence-corrected chi connectivity index (χ1v) is 6.09. The lowest BCUT2D eigenvalue weighted by Gasteiger charge is -2.08. The van der Waals surface area contributed by atoms with Gasteiger partial charge in [0, 0.05) is 11.0 Å². The monoisotopic (exact) mass is 253 g/mol. The van der Waals surface area contributed by atoms with Crippen LogP contribution in [0.4, 0.5) is 4.39 Å². The second-order valence-electron chi connectivity index (χ2n) is 3.68. The molecule has 90 valence electrons. The Morgan fingerprint density at radius 1 is 1.59 bits per heavy atom. The molecule has 0 saturated heterocycles. The molecule has 5 heteroatoms. The first kappa shape index (κ1) is 13.5. The summed E-state index contributed by atoms with van der Waals surface area (Å²) in [4.78, 5) is 10.5. The molecule has 0 radical (unpaired) electrons. The Morgan fingerprint density at radius 2 is 2.29 bits per heavy atom. The summed E-state index contributed by atoms with van der Waals surface area (Å²) in [7, 11) is 0. The smallest absolute Gasteiger partial charge is 0.304 e. The van der Waals surface area contributed by atoms with Gasteiger partial charge in [-0.2, -0.15) is 17.0 Å². The van der Waals surface area contributed by atoms with Gasteiger partial charge in [0.2, 0.25) is 0 Å². The fourth-order valence-corrected chi connectivity index (χ4v) is 2.25. The maximum Gasteiger partial charge on any atom is 0.304 e. The largest absolute Gasteiger partial charge is 0.481 e. The molecule has 1 rings (SSSR count). The number of carboxylic acid groups (broad SMARTS) is 1. The number of carbonyl (C=O) groups is 1. The fourth-order valence-electron chi connectivity index (χ4n) is 1.34. The summed E-state index contributed by atoms with van der Waals surface area (Å²) in [6.07, 6.45) is 0.0745. The van der Waals surface area contributed by atoms with E-state index in [4.69, 9.17) is 10.4 Å². The van der Waals surface area contributed by atoms with Crippen molar-refractivity contribution in [2.24, 2.45) is 0 Å². The highest BCUT2D eigenvalue weighted by Gasteiger charge is 2.09. The van der Waals surface area contributed by atoms with Crippen molar-refractivity contribution < 1.29 is 14.3 Å². The van der Waals surface area contributed by atoms with Gasteiger partial charge in [0.15, 0.2) is 0 Å². The number of halogens is 1. The number of thioether (sulfide) groups is 1. The third-order valence-electron chi connectivity index (χ3n) is 2.08. The van der Waals surface area contributed by atoms with Crippen molar-refractivity contribution in [2.75, 3.05) is 0 Å². The number of nitriles is 1. The molecule has 0 aliphatic carbocycles. The zero-order chi connectivity index (χ0) is 12.8. The molecule has 3 nitrogen and oxygen atoms in total. The summed E-state index contributed by atoms with van der Waals surface area (Å²) in [5.74, 6) is -0.784. The predicted molar refractivity (Wildman–Crippen MR) is 64.1 cm³/mol. The van der Waals surface area contributed by atoms with E-state index in [-0.39, 0.29) is 17.2 Å². The minimum atomic E-state index is -0.845. The third-order valence-corrected chi connectivity index (χ3v) is 3.32. The van der Waals surface area contributed by atoms with E-state index >= 15 is 0 Å². The van der Waals surface area contributed by atoms with Crippen molar-refractivity contribution in [3.05, 3.63) is 35.1 Å². The van der Waals surface area contributed by atoms with E-state index < -0.39 is 11.8 Å². The van der Waals surface area contributed by atoms with Gasteiger partial charge >= 0.3 is 5.97 Å². The second kappa shape index (κ2) is 6.26. The van der Waals surface area contributed by atoms with Crippen LogP contribution in [-0.4, -0.2) is 16.3 Å². The minimum absolute atomic E-state index is 0.0405. The van der Waals surface area contributed by atoms with Crippen LogP contribution in [0.15, 0.2) is 18.2 Å². The normalized spacial score (nSPS) is 11.8. The minimum Gasteiger partial charge on any atom is -0.481 e. The van der Waals surface area contributed by atoms with Gasteiger partial charge in [-0.3, -0.25) is 4.79 Å². The SMILES string of the molecule is CC(CC(=O)O)SCc1cc(F)cc(C#N)c1. The Morgan fingerprint density at radius 3 is 2.88 bits per heavy atom. The number of carboxylic acids is 1. The fraction of sp³-hybridized carbons (Fsp3) is 0.333. The molecule has 0 heterocycles. The molecule has 1 atom stereocenters. The molecule has 1 aromatic carbocycles. The predicted octanol–water partition coefficient (Wildman–Crippen LogP) is 2.79. The van der Waals surface area contributed by atoms with Crippen molar-refractivity contribution in [1.82, 2.24) is 0 Å². The molecule has 0 aliphatic heterocycles. The lowest BCUT2D eigenvalue weighted by Crippen LogP contribution is -2.05. The van der Waals surface area contributed by atoms with Crippen LogP contribution in [0.2, 0.25) is 0 Å². The molecule has 0 aromatic heterocycles. The Labute approximate surface area is 103 Å². The van der Waals surface area contributed by atoms with Crippen LogP contribution in [0.1, 0.15) is 24.5 Å². The lowest BCUT2D eigenvalue weighted by atomic mass is 10.1. The van der Waals surface area contributed by atoms with Crippen molar-refractivity contribution in [3.63, 3.8) is 0 Å². The van der Waals surface area contributed by atoms with Crippen molar-refractivity contribution in [1.29, 1.82) is 5.26 Å². The van der Waals surface area contributed by atoms with Crippen LogP contribution in [0.3, 0.4) is 0 Å². The van der Waals surface area contributed by atoms with Gasteiger partial charge in [0.05, 0.1) is 18.1 Å². The molecule has 0 saturated carbocycles. The molecule has 0 aliphatic rings. The van der Waals surface area contributed by atoms with E-state index in [1.54, 1.807) is 6.07 Å². The standard InChI is InChI=1S/C12H12FNO2S/c1-8(2-12(15)16)17-7-10-3-9(6-14)4-11(13)5-10/h3-5,8H,2,7H2,1H3,(H,15,16). The van der Waals surface area contributed by atoms with Crippen molar-refractivity contribution in [3.8, 4) is 6.07 Å². The Hall–Kier alpha value is -1.54. The second-order valence-corrected chi connectivity index (χ2v) is 5.11. The van der Waals surface area contributed by atoms with E-state index in [2.05, 4.69) is 0 Å². The van der Waals surface area contributed by atoms with Crippen LogP contribution in [0.25, 0.3) is 0 Å². The zero-order valence-corrected chi connectivity index (χ0v) is 10.1. The van der Waals surface area contributed by atoms with Crippen LogP contribution in [0.5, 0.6) is 0 Å². The van der Waals surface area contributed by atoms with Gasteiger partial charge in [0.25, 0.3) is 0 Å². The van der Waals surface area contributed by atoms with Gasteiger partial charge in [-0.05, 0) is 23.8 Å². The molecule has 0 amide bonds. The molecular weight excluding hydrogens is 241 g/mol. The first-order valence-electron chi connectivity index (χ1n) is 5.04. The number of nitrogens with zero attached hydrogens (tertiary/aromatic N) is 1. The highest BCUT2D eigenvalue weighted by atomic mass is 32.2. The molecule has 0 spiro atoms. The van der Waals surface area contributed by atoms with Crippen LogP contribution in [0, 0.1) is 17.1 Å². The highest BCUT2D eigenvalue weighted by Crippen LogP contribution is 2.21. The number of aliphatic carboxylic acids is 1. The molecule has 17 heavy (non-hydrogen) atoms. The molecular formula is C12H12FNO2S. The van der Waals surface area contributed by atoms with Crippen LogP contribution in [-0.2, 0) is 10.5 Å². The number of hydrogen-bond acceptors (Lipinski definition) is 3. The summed E-state index contributed by atoms with van der Waals surface area (Å²) in [6, 6.07) is 6.04. The van der Waals surface area contributed by atoms with Crippen molar-refractivity contribution >= 4 is 17.7 Å². The Bertz CT molecular complexity index is 456. The molecule has 1 N–H and O–H groups in total. The van der Waals surface area contributed by atoms with Gasteiger partial charge in [-0.1, -0.05) is 6.92 Å². The van der Waals surface area contributed by atoms with Crippen LogP contribution < -0.4 is 0 Å². The van der Waals surface area contributed by atoms with Crippen LogP contribution >= 0.6 is 11.8 Å². The highest BCUT2D eigenvalue weighted by molar-refractivity contribution is 7.99.